The zero-order valence-corrected chi connectivity index (χ0v) is 28.2. The van der Waals surface area contributed by atoms with Crippen LogP contribution in [0, 0.1) is 7.43 Å². The third-order valence-electron chi connectivity index (χ3n) is 5.56. The summed E-state index contributed by atoms with van der Waals surface area (Å²) in [6, 6.07) is 10.5. The second-order valence-electron chi connectivity index (χ2n) is 8.69. The maximum Gasteiger partial charge on any atom is 2.00 e. The average molecular weight is 659 g/mol. The molecule has 2 aromatic carbocycles. The predicted octanol–water partition coefficient (Wildman–Crippen LogP) is 5.93. The van der Waals surface area contributed by atoms with Gasteiger partial charge in [0.25, 0.3) is 0 Å². The van der Waals surface area contributed by atoms with E-state index in [-0.39, 0.29) is 54.4 Å². The Morgan fingerprint density at radius 2 is 1.20 bits per heavy atom. The van der Waals surface area contributed by atoms with Crippen molar-refractivity contribution in [3.05, 3.63) is 86.6 Å². The summed E-state index contributed by atoms with van der Waals surface area (Å²) in [5.41, 5.74) is 2.84. The quantitative estimate of drug-likeness (QED) is 0.157. The number of carbonyl (C=O) groups excluding carboxylic acids is 1. The van der Waals surface area contributed by atoms with Crippen LogP contribution in [0.5, 0.6) is 0 Å². The summed E-state index contributed by atoms with van der Waals surface area (Å²) in [5, 5.41) is 20.1. The van der Waals surface area contributed by atoms with Gasteiger partial charge in [0.2, 0.25) is 5.76 Å². The minimum atomic E-state index is -1.09. The van der Waals surface area contributed by atoms with Crippen molar-refractivity contribution in [2.24, 2.45) is 0 Å². The van der Waals surface area contributed by atoms with E-state index in [1.54, 1.807) is 50.2 Å². The van der Waals surface area contributed by atoms with Crippen LogP contribution in [-0.2, 0) is 18.4 Å². The van der Waals surface area contributed by atoms with Crippen LogP contribution in [-0.4, -0.2) is 44.3 Å². The molecule has 40 heavy (non-hydrogen) atoms. The first-order valence-electron chi connectivity index (χ1n) is 11.5. The first-order chi connectivity index (χ1) is 17.4. The smallest absolute Gasteiger partial charge is 1.00 e. The van der Waals surface area contributed by atoms with Crippen LogP contribution >= 0.6 is 46.4 Å². The first-order valence-corrected chi connectivity index (χ1v) is 13.0. The van der Waals surface area contributed by atoms with Crippen molar-refractivity contribution in [3.63, 3.8) is 0 Å². The summed E-state index contributed by atoms with van der Waals surface area (Å²) < 4.78 is 10.4. The van der Waals surface area contributed by atoms with Gasteiger partial charge in [-0.3, -0.25) is 4.79 Å². The van der Waals surface area contributed by atoms with Gasteiger partial charge in [-0.25, -0.2) is 0 Å². The predicted molar refractivity (Wildman–Crippen MR) is 160 cm³/mol. The maximum absolute atomic E-state index is 11.4. The average Bonchev–Trinajstić information content (AvgIpc) is 3.44. The van der Waals surface area contributed by atoms with E-state index in [2.05, 4.69) is 10.3 Å². The molecule has 0 aliphatic carbocycles. The molecular formula is C28H29Cl5MgN2O4. The van der Waals surface area contributed by atoms with Gasteiger partial charge in [0, 0.05) is 29.2 Å². The van der Waals surface area contributed by atoms with E-state index in [1.807, 2.05) is 13.8 Å². The number of aliphatic hydroxyl groups is 1. The van der Waals surface area contributed by atoms with E-state index in [1.165, 1.54) is 6.92 Å². The van der Waals surface area contributed by atoms with E-state index in [4.69, 9.17) is 55.4 Å². The van der Waals surface area contributed by atoms with Crippen molar-refractivity contribution < 1.29 is 31.4 Å². The third kappa shape index (κ3) is 8.39. The number of benzene rings is 2. The molecule has 0 bridgehead atoms. The Kier molecular flexibility index (Phi) is 15.8. The van der Waals surface area contributed by atoms with E-state index >= 15 is 0 Å². The van der Waals surface area contributed by atoms with Crippen LogP contribution in [0.1, 0.15) is 62.1 Å². The normalized spacial score (nSPS) is 10.4. The Bertz CT molecular complexity index is 1390. The SMILES string of the molecule is CCc1c(-c2c(Cl)cccc2Cl)noc1C(C)(C)O.CCc1c(-c2c(Cl)cccc2Cl)noc1C(C)=O.[CH3-].[Cl-].[Mg+2]. The molecular weight excluding hydrogens is 630 g/mol. The van der Waals surface area contributed by atoms with Gasteiger partial charge >= 0.3 is 23.1 Å². The van der Waals surface area contributed by atoms with E-state index in [0.717, 1.165) is 11.1 Å². The summed E-state index contributed by atoms with van der Waals surface area (Å²) in [6.45, 7) is 8.65. The van der Waals surface area contributed by atoms with Gasteiger partial charge in [0.1, 0.15) is 17.0 Å². The Morgan fingerprint density at radius 3 is 1.55 bits per heavy atom. The van der Waals surface area contributed by atoms with Crippen molar-refractivity contribution in [2.75, 3.05) is 0 Å². The summed E-state index contributed by atoms with van der Waals surface area (Å²) in [5.74, 6) is 0.554. The summed E-state index contributed by atoms with van der Waals surface area (Å²) in [4.78, 5) is 11.4. The topological polar surface area (TPSA) is 89.4 Å². The fourth-order valence-electron chi connectivity index (χ4n) is 3.87. The molecule has 0 spiro atoms. The molecule has 212 valence electrons. The Balaban J connectivity index is 0.000000708. The number of Topliss-reactive ketones (excluding diaryl/α,β-unsaturated/α-hetero) is 1. The van der Waals surface area contributed by atoms with Gasteiger partial charge in [0.15, 0.2) is 11.5 Å². The number of aromatic nitrogens is 2. The molecule has 6 nitrogen and oxygen atoms in total. The minimum Gasteiger partial charge on any atom is -1.00 e. The van der Waals surface area contributed by atoms with Crippen molar-refractivity contribution in [1.29, 1.82) is 0 Å². The van der Waals surface area contributed by atoms with E-state index < -0.39 is 5.60 Å². The Labute approximate surface area is 277 Å². The van der Waals surface area contributed by atoms with Crippen LogP contribution in [0.15, 0.2) is 45.4 Å². The number of hydrogen-bond donors (Lipinski definition) is 1. The number of nitrogens with zero attached hydrogens (tertiary/aromatic N) is 2. The molecule has 0 aliphatic heterocycles. The van der Waals surface area contributed by atoms with Gasteiger partial charge in [-0.15, -0.1) is 0 Å². The molecule has 1 N–H and O–H groups in total. The van der Waals surface area contributed by atoms with Gasteiger partial charge in [-0.05, 0) is 51.0 Å². The number of halogens is 5. The fraction of sp³-hybridized carbons (Fsp3) is 0.286. The Hall–Kier alpha value is -1.29. The van der Waals surface area contributed by atoms with Crippen LogP contribution < -0.4 is 12.4 Å². The fourth-order valence-corrected chi connectivity index (χ4v) is 5.03. The van der Waals surface area contributed by atoms with E-state index in [9.17, 15) is 9.90 Å². The van der Waals surface area contributed by atoms with Gasteiger partial charge in [-0.1, -0.05) is 82.7 Å². The Morgan fingerprint density at radius 1 is 0.825 bits per heavy atom. The number of hydrogen-bond acceptors (Lipinski definition) is 6. The van der Waals surface area contributed by atoms with Crippen LogP contribution in [0.2, 0.25) is 20.1 Å². The van der Waals surface area contributed by atoms with Crippen molar-refractivity contribution >= 4 is 75.2 Å². The van der Waals surface area contributed by atoms with Gasteiger partial charge < -0.3 is 34.0 Å². The van der Waals surface area contributed by atoms with Crippen LogP contribution in [0.3, 0.4) is 0 Å². The molecule has 0 amide bonds. The molecule has 4 rings (SSSR count). The molecule has 0 saturated carbocycles. The monoisotopic (exact) mass is 656 g/mol. The summed E-state index contributed by atoms with van der Waals surface area (Å²) in [7, 11) is 0. The van der Waals surface area contributed by atoms with Gasteiger partial charge in [0.05, 0.1) is 20.1 Å². The molecule has 0 fully saturated rings. The largest absolute Gasteiger partial charge is 2.00 e. The number of ketones is 1. The molecule has 0 atom stereocenters. The maximum atomic E-state index is 11.4. The molecule has 12 heteroatoms. The molecule has 0 aliphatic rings. The zero-order chi connectivity index (χ0) is 27.5. The second kappa shape index (κ2) is 16.4. The molecule has 0 radical (unpaired) electrons. The first kappa shape index (κ1) is 38.7. The minimum absolute atomic E-state index is 0. The molecule has 0 saturated heterocycles. The van der Waals surface area contributed by atoms with Gasteiger partial charge in [-0.2, -0.15) is 0 Å². The summed E-state index contributed by atoms with van der Waals surface area (Å²) >= 11 is 24.6. The van der Waals surface area contributed by atoms with Crippen molar-refractivity contribution in [3.8, 4) is 22.5 Å². The van der Waals surface area contributed by atoms with Crippen molar-refractivity contribution in [1.82, 2.24) is 10.3 Å². The van der Waals surface area contributed by atoms with E-state index in [0.29, 0.717) is 61.2 Å². The molecule has 4 aromatic rings. The molecule has 2 aromatic heterocycles. The standard InChI is InChI=1S/C14H15Cl2NO2.C13H11Cl2NO2.CH3.ClH.Mg/c1-4-8-12(17-19-13(8)14(2,3)18)11-9(15)6-5-7-10(11)16;1-3-8-12(16-18-13(8)7(2)17)11-9(14)5-4-6-10(11)15;;;/h5-7,18H,4H2,1-3H3;4-6H,3H2,1-2H3;1H3;1H;/q;;-1;;+2/p-1. The number of rotatable bonds is 6. The third-order valence-corrected chi connectivity index (χ3v) is 6.82. The molecule has 2 heterocycles. The van der Waals surface area contributed by atoms with Crippen molar-refractivity contribution in [2.45, 2.75) is 53.1 Å². The second-order valence-corrected chi connectivity index (χ2v) is 10.3. The molecule has 0 unspecified atom stereocenters. The zero-order valence-electron chi connectivity index (χ0n) is 23.0. The summed E-state index contributed by atoms with van der Waals surface area (Å²) in [6.07, 6.45) is 1.29. The number of carbonyl (C=O) groups is 1. The van der Waals surface area contributed by atoms with Crippen LogP contribution in [0.25, 0.3) is 22.5 Å². The van der Waals surface area contributed by atoms with Crippen LogP contribution in [0.4, 0.5) is 0 Å².